The van der Waals surface area contributed by atoms with Gasteiger partial charge in [-0.15, -0.1) is 0 Å². The highest BCUT2D eigenvalue weighted by molar-refractivity contribution is 6.31. The lowest BCUT2D eigenvalue weighted by Crippen LogP contribution is -2.58. The van der Waals surface area contributed by atoms with Crippen LogP contribution in [-0.4, -0.2) is 104 Å². The Labute approximate surface area is 241 Å². The molecule has 0 saturated carbocycles. The van der Waals surface area contributed by atoms with E-state index in [2.05, 4.69) is 4.90 Å². The van der Waals surface area contributed by atoms with E-state index in [0.717, 1.165) is 0 Å². The number of fused-ring (bicyclic) bond motifs is 3. The Bertz CT molecular complexity index is 1440. The lowest BCUT2D eigenvalue weighted by molar-refractivity contribution is -0.264. The van der Waals surface area contributed by atoms with Gasteiger partial charge in [0.05, 0.1) is 53.8 Å². The predicted molar refractivity (Wildman–Crippen MR) is 145 cm³/mol. The monoisotopic (exact) mass is 585 g/mol. The number of carbonyl (C=O) groups is 2. The summed E-state index contributed by atoms with van der Waals surface area (Å²) in [6, 6.07) is 3.60. The molecule has 0 radical (unpaired) electrons. The molecule has 0 bridgehead atoms. The lowest BCUT2D eigenvalue weighted by Gasteiger charge is -2.47. The number of phenolic OH excluding ortho intramolecular Hbond substituents is 3. The van der Waals surface area contributed by atoms with Crippen LogP contribution in [0, 0.1) is 0 Å². The van der Waals surface area contributed by atoms with Crippen LogP contribution in [0.4, 0.5) is 0 Å². The zero-order valence-electron chi connectivity index (χ0n) is 23.3. The number of carbonyl (C=O) groups excluding carboxylic acids is 2. The molecule has 0 spiro atoms. The topological polar surface area (TPSA) is 186 Å². The first-order valence-electron chi connectivity index (χ1n) is 14.2. The predicted octanol–water partition coefficient (Wildman–Crippen LogP) is 1.41. The molecule has 2 aliphatic carbocycles. The first kappa shape index (κ1) is 29.0. The molecule has 12 nitrogen and oxygen atoms in total. The molecule has 2 fully saturated rings. The molecule has 7 atom stereocenters. The van der Waals surface area contributed by atoms with Crippen molar-refractivity contribution in [3.8, 4) is 17.2 Å². The summed E-state index contributed by atoms with van der Waals surface area (Å²) in [5, 5.41) is 67.1. The number of benzene rings is 2. The fourth-order valence-corrected chi connectivity index (χ4v) is 6.86. The number of aromatic hydroxyl groups is 3. The van der Waals surface area contributed by atoms with Gasteiger partial charge in [0.1, 0.15) is 23.4 Å². The molecule has 6 rings (SSSR count). The van der Waals surface area contributed by atoms with Crippen molar-refractivity contribution in [1.29, 1.82) is 0 Å². The number of rotatable bonds is 4. The quantitative estimate of drug-likeness (QED) is 0.242. The van der Waals surface area contributed by atoms with Crippen LogP contribution < -0.4 is 0 Å². The number of aliphatic hydroxyl groups excluding tert-OH is 2. The zero-order chi connectivity index (χ0) is 30.1. The average molecular weight is 586 g/mol. The Morgan fingerprint density at radius 1 is 1.00 bits per heavy atom. The van der Waals surface area contributed by atoms with Crippen LogP contribution in [0.3, 0.4) is 0 Å². The highest BCUT2D eigenvalue weighted by Gasteiger charge is 2.52. The Balaban J connectivity index is 1.44. The van der Waals surface area contributed by atoms with Gasteiger partial charge in [-0.2, -0.15) is 0 Å². The minimum absolute atomic E-state index is 0.0331. The van der Waals surface area contributed by atoms with E-state index >= 15 is 0 Å². The van der Waals surface area contributed by atoms with Crippen molar-refractivity contribution in [1.82, 2.24) is 4.90 Å². The normalized spacial score (nSPS) is 33.2. The Kier molecular flexibility index (Phi) is 7.29. The number of morpholine rings is 1. The van der Waals surface area contributed by atoms with E-state index in [1.54, 1.807) is 13.8 Å². The lowest BCUT2D eigenvalue weighted by atomic mass is 9.70. The SMILES string of the molecule is CC[C@@]1(O)CC(OC2CC(N3CCOCC3)C(O)C(C)O2)c2c(O)c3c(c(O)c2[C@H]1O)C(=O)c1cccc(O)c1C3=O. The van der Waals surface area contributed by atoms with Gasteiger partial charge in [0.25, 0.3) is 0 Å². The molecule has 6 N–H and O–H groups in total. The van der Waals surface area contributed by atoms with Gasteiger partial charge in [-0.25, -0.2) is 0 Å². The minimum atomic E-state index is -1.82. The van der Waals surface area contributed by atoms with Crippen LogP contribution in [0.5, 0.6) is 17.2 Å². The van der Waals surface area contributed by atoms with Crippen molar-refractivity contribution in [3.05, 3.63) is 51.6 Å². The Morgan fingerprint density at radius 3 is 2.36 bits per heavy atom. The maximum atomic E-state index is 13.6. The van der Waals surface area contributed by atoms with Gasteiger partial charge in [-0.05, 0) is 19.4 Å². The molecule has 2 heterocycles. The second-order valence-electron chi connectivity index (χ2n) is 11.5. The zero-order valence-corrected chi connectivity index (χ0v) is 23.3. The van der Waals surface area contributed by atoms with E-state index < -0.39 is 76.2 Å². The molecule has 4 aliphatic rings. The molecule has 2 aromatic rings. The summed E-state index contributed by atoms with van der Waals surface area (Å²) in [6.45, 7) is 5.61. The van der Waals surface area contributed by atoms with Crippen LogP contribution in [0.25, 0.3) is 0 Å². The average Bonchev–Trinajstić information content (AvgIpc) is 2.97. The third kappa shape index (κ3) is 4.32. The molecular weight excluding hydrogens is 550 g/mol. The third-order valence-corrected chi connectivity index (χ3v) is 9.25. The molecule has 2 aliphatic heterocycles. The smallest absolute Gasteiger partial charge is 0.202 e. The first-order chi connectivity index (χ1) is 20.0. The van der Waals surface area contributed by atoms with Crippen LogP contribution in [0.2, 0.25) is 0 Å². The third-order valence-electron chi connectivity index (χ3n) is 9.25. The standard InChI is InChI=1S/C30H35NO11/c1-3-30(39)12-17(42-18-11-15(24(33)13(2)41-18)31-7-9-40-10-8-31)20-23(29(30)38)28(37)21-22(27(20)36)26(35)19-14(25(21)34)5-4-6-16(19)32/h4-6,13,15,17-18,24,29,32-33,36-39H,3,7-12H2,1-2H3/t13?,15?,17?,18?,24?,29-,30-/m1/s1. The van der Waals surface area contributed by atoms with Crippen molar-refractivity contribution in [2.24, 2.45) is 0 Å². The van der Waals surface area contributed by atoms with Gasteiger partial charge in [-0.3, -0.25) is 14.5 Å². The summed E-state index contributed by atoms with van der Waals surface area (Å²) in [6.07, 6.45) is -5.23. The number of hydrogen-bond acceptors (Lipinski definition) is 12. The number of nitrogens with zero attached hydrogens (tertiary/aromatic N) is 1. The van der Waals surface area contributed by atoms with Crippen LogP contribution >= 0.6 is 0 Å². The molecule has 5 unspecified atom stereocenters. The second-order valence-corrected chi connectivity index (χ2v) is 11.5. The molecular formula is C30H35NO11. The number of aliphatic hydroxyl groups is 3. The fraction of sp³-hybridized carbons (Fsp3) is 0.533. The summed E-state index contributed by atoms with van der Waals surface area (Å²) in [5.41, 5.74) is -3.80. The molecule has 226 valence electrons. The maximum absolute atomic E-state index is 13.6. The van der Waals surface area contributed by atoms with Crippen molar-refractivity contribution in [2.75, 3.05) is 26.3 Å². The van der Waals surface area contributed by atoms with Gasteiger partial charge in [-0.1, -0.05) is 19.1 Å². The minimum Gasteiger partial charge on any atom is -0.507 e. The van der Waals surface area contributed by atoms with Crippen molar-refractivity contribution < 1.29 is 54.4 Å². The Morgan fingerprint density at radius 2 is 1.67 bits per heavy atom. The van der Waals surface area contributed by atoms with E-state index in [9.17, 15) is 40.2 Å². The van der Waals surface area contributed by atoms with Crippen molar-refractivity contribution >= 4 is 11.6 Å². The first-order valence-corrected chi connectivity index (χ1v) is 14.2. The van der Waals surface area contributed by atoms with Gasteiger partial charge in [0.15, 0.2) is 12.1 Å². The summed E-state index contributed by atoms with van der Waals surface area (Å²) < 4.78 is 17.8. The molecule has 12 heteroatoms. The summed E-state index contributed by atoms with van der Waals surface area (Å²) in [7, 11) is 0. The van der Waals surface area contributed by atoms with Crippen LogP contribution in [-0.2, 0) is 14.2 Å². The summed E-state index contributed by atoms with van der Waals surface area (Å²) in [5.74, 6) is -3.61. The van der Waals surface area contributed by atoms with Gasteiger partial charge >= 0.3 is 0 Å². The molecule has 42 heavy (non-hydrogen) atoms. The van der Waals surface area contributed by atoms with E-state index in [-0.39, 0.29) is 47.6 Å². The largest absolute Gasteiger partial charge is 0.507 e. The molecule has 0 aromatic heterocycles. The highest BCUT2D eigenvalue weighted by Crippen LogP contribution is 2.56. The maximum Gasteiger partial charge on any atom is 0.202 e. The highest BCUT2D eigenvalue weighted by atomic mass is 16.7. The molecule has 0 amide bonds. The molecule has 2 aromatic carbocycles. The van der Waals surface area contributed by atoms with E-state index in [1.807, 2.05) is 0 Å². The van der Waals surface area contributed by atoms with E-state index in [0.29, 0.717) is 26.3 Å². The fourth-order valence-electron chi connectivity index (χ4n) is 6.86. The number of phenols is 3. The van der Waals surface area contributed by atoms with Crippen molar-refractivity contribution in [3.63, 3.8) is 0 Å². The second kappa shape index (κ2) is 10.6. The summed E-state index contributed by atoms with van der Waals surface area (Å²) in [4.78, 5) is 29.2. The Hall–Kier alpha value is -3.10. The van der Waals surface area contributed by atoms with Gasteiger partial charge in [0.2, 0.25) is 5.78 Å². The van der Waals surface area contributed by atoms with E-state index in [1.165, 1.54) is 18.2 Å². The van der Waals surface area contributed by atoms with E-state index in [4.69, 9.17) is 14.2 Å². The number of hydrogen-bond donors (Lipinski definition) is 6. The van der Waals surface area contributed by atoms with Crippen LogP contribution in [0.15, 0.2) is 18.2 Å². The van der Waals surface area contributed by atoms with Crippen LogP contribution in [0.1, 0.15) is 88.3 Å². The summed E-state index contributed by atoms with van der Waals surface area (Å²) >= 11 is 0. The number of ether oxygens (including phenoxy) is 3. The van der Waals surface area contributed by atoms with Gasteiger partial charge < -0.3 is 44.8 Å². The van der Waals surface area contributed by atoms with Crippen molar-refractivity contribution in [2.45, 2.75) is 75.5 Å². The van der Waals surface area contributed by atoms with Gasteiger partial charge in [0, 0.05) is 48.7 Å². The molecule has 2 saturated heterocycles. The number of ketones is 2.